The zero-order chi connectivity index (χ0) is 4.91. The number of thioether (sulfide) groups is 1. The van der Waals surface area contributed by atoms with Crippen molar-refractivity contribution in [2.75, 3.05) is 0 Å². The van der Waals surface area contributed by atoms with Gasteiger partial charge in [0.25, 0.3) is 0 Å². The molecule has 1 heterocycles. The third-order valence-electron chi connectivity index (χ3n) is 2.17. The number of rotatable bonds is 0. The van der Waals surface area contributed by atoms with E-state index in [1.54, 1.807) is 0 Å². The minimum absolute atomic E-state index is 0.778. The van der Waals surface area contributed by atoms with Crippen LogP contribution in [0.2, 0.25) is 0 Å². The van der Waals surface area contributed by atoms with Crippen molar-refractivity contribution < 1.29 is 0 Å². The van der Waals surface area contributed by atoms with Gasteiger partial charge in [-0.3, -0.25) is 0 Å². The number of hydrogen-bond acceptors (Lipinski definition) is 1. The van der Waals surface area contributed by atoms with E-state index in [9.17, 15) is 0 Å². The van der Waals surface area contributed by atoms with E-state index in [0.717, 1.165) is 10.00 Å². The van der Waals surface area contributed by atoms with Crippen LogP contribution in [0.25, 0.3) is 0 Å². The van der Waals surface area contributed by atoms with E-state index in [1.807, 2.05) is 0 Å². The Morgan fingerprint density at radius 2 is 2.57 bits per heavy atom. The van der Waals surface area contributed by atoms with Crippen LogP contribution in [0.1, 0.15) is 26.2 Å². The van der Waals surface area contributed by atoms with Crippen molar-refractivity contribution in [2.24, 2.45) is 0 Å². The smallest absolute Gasteiger partial charge is 0.0253 e. The van der Waals surface area contributed by atoms with Gasteiger partial charge in [-0.1, -0.05) is 6.42 Å². The van der Waals surface area contributed by atoms with E-state index < -0.39 is 0 Å². The van der Waals surface area contributed by atoms with Crippen molar-refractivity contribution in [3.05, 3.63) is 0 Å². The van der Waals surface area contributed by atoms with E-state index in [2.05, 4.69) is 18.7 Å². The average Bonchev–Trinajstić information content (AvgIpc) is 2.09. The Bertz CT molecular complexity index is 98.4. The third kappa shape index (κ3) is 0.449. The highest BCUT2D eigenvalue weighted by Gasteiger charge is 2.53. The van der Waals surface area contributed by atoms with E-state index in [-0.39, 0.29) is 0 Å². The molecule has 0 aromatic heterocycles. The molecule has 1 saturated heterocycles. The summed E-state index contributed by atoms with van der Waals surface area (Å²) in [5.41, 5.74) is 0. The number of hydrogen-bond donors (Lipinski definition) is 0. The molecule has 2 atom stereocenters. The molecule has 0 amide bonds. The van der Waals surface area contributed by atoms with Crippen molar-refractivity contribution in [1.29, 1.82) is 0 Å². The van der Waals surface area contributed by atoms with Crippen LogP contribution in [0, 0.1) is 0 Å². The summed E-state index contributed by atoms with van der Waals surface area (Å²) in [6.07, 6.45) is 4.48. The van der Waals surface area contributed by atoms with Gasteiger partial charge in [0.1, 0.15) is 0 Å². The van der Waals surface area contributed by atoms with Gasteiger partial charge in [0.05, 0.1) is 0 Å². The fourth-order valence-electron chi connectivity index (χ4n) is 1.51. The van der Waals surface area contributed by atoms with Crippen LogP contribution in [0.3, 0.4) is 0 Å². The van der Waals surface area contributed by atoms with Gasteiger partial charge in [-0.05, 0) is 19.8 Å². The Hall–Kier alpha value is 0.350. The SMILES string of the molecule is CC12CCCC1S2. The fourth-order valence-corrected chi connectivity index (χ4v) is 2.88. The van der Waals surface area contributed by atoms with Crippen molar-refractivity contribution in [1.82, 2.24) is 0 Å². The Morgan fingerprint density at radius 1 is 1.71 bits per heavy atom. The molecular formula is C6H10S. The second kappa shape index (κ2) is 1.02. The fraction of sp³-hybridized carbons (Fsp3) is 1.00. The third-order valence-corrected chi connectivity index (χ3v) is 3.99. The number of fused-ring (bicyclic) bond motifs is 1. The summed E-state index contributed by atoms with van der Waals surface area (Å²) in [6, 6.07) is 0. The minimum Gasteiger partial charge on any atom is -0.149 e. The maximum absolute atomic E-state index is 2.40. The molecule has 0 N–H and O–H groups in total. The summed E-state index contributed by atoms with van der Waals surface area (Å²) < 4.78 is 0.778. The lowest BCUT2D eigenvalue weighted by molar-refractivity contribution is 0.759. The van der Waals surface area contributed by atoms with Crippen molar-refractivity contribution in [3.63, 3.8) is 0 Å². The molecule has 1 aliphatic heterocycles. The highest BCUT2D eigenvalue weighted by Crippen LogP contribution is 2.62. The molecule has 0 aromatic carbocycles. The highest BCUT2D eigenvalue weighted by molar-refractivity contribution is 8.08. The van der Waals surface area contributed by atoms with E-state index in [1.165, 1.54) is 19.3 Å². The first-order chi connectivity index (χ1) is 3.31. The normalized spacial score (nSPS) is 57.0. The highest BCUT2D eigenvalue weighted by atomic mass is 32.2. The average molecular weight is 114 g/mol. The molecule has 0 radical (unpaired) electrons. The van der Waals surface area contributed by atoms with Gasteiger partial charge in [-0.25, -0.2) is 0 Å². The summed E-state index contributed by atoms with van der Waals surface area (Å²) in [6.45, 7) is 2.40. The summed E-state index contributed by atoms with van der Waals surface area (Å²) in [4.78, 5) is 0. The summed E-state index contributed by atoms with van der Waals surface area (Å²) in [5, 5.41) is 1.08. The molecule has 2 unspecified atom stereocenters. The first-order valence-corrected chi connectivity index (χ1v) is 3.87. The van der Waals surface area contributed by atoms with Crippen LogP contribution in [-0.2, 0) is 0 Å². The standard InChI is InChI=1S/C6H10S/c1-6-4-2-3-5(6)7-6/h5H,2-4H2,1H3. The minimum atomic E-state index is 0.778. The summed E-state index contributed by atoms with van der Waals surface area (Å²) in [5.74, 6) is 0. The largest absolute Gasteiger partial charge is 0.149 e. The molecule has 2 rings (SSSR count). The predicted octanol–water partition coefficient (Wildman–Crippen LogP) is 2.04. The molecule has 0 nitrogen and oxygen atoms in total. The van der Waals surface area contributed by atoms with Crippen LogP contribution in [0.4, 0.5) is 0 Å². The molecule has 7 heavy (non-hydrogen) atoms. The Kier molecular flexibility index (Phi) is 0.619. The van der Waals surface area contributed by atoms with Crippen LogP contribution in [-0.4, -0.2) is 10.00 Å². The van der Waals surface area contributed by atoms with Gasteiger partial charge in [-0.15, -0.1) is 11.8 Å². The van der Waals surface area contributed by atoms with Gasteiger partial charge in [0.2, 0.25) is 0 Å². The topological polar surface area (TPSA) is 0 Å². The summed E-state index contributed by atoms with van der Waals surface area (Å²) >= 11 is 2.18. The van der Waals surface area contributed by atoms with Gasteiger partial charge in [0.15, 0.2) is 0 Å². The first-order valence-electron chi connectivity index (χ1n) is 2.99. The molecule has 2 aliphatic rings. The first kappa shape index (κ1) is 4.25. The molecule has 0 bridgehead atoms. The predicted molar refractivity (Wildman–Crippen MR) is 33.6 cm³/mol. The zero-order valence-corrected chi connectivity index (χ0v) is 5.42. The lowest BCUT2D eigenvalue weighted by Gasteiger charge is -1.94. The summed E-state index contributed by atoms with van der Waals surface area (Å²) in [7, 11) is 0. The second-order valence-electron chi connectivity index (χ2n) is 2.81. The van der Waals surface area contributed by atoms with Crippen LogP contribution in [0.5, 0.6) is 0 Å². The molecule has 0 aromatic rings. The quantitative estimate of drug-likeness (QED) is 0.434. The molecule has 0 spiro atoms. The second-order valence-corrected chi connectivity index (χ2v) is 4.55. The Labute approximate surface area is 48.7 Å². The van der Waals surface area contributed by atoms with Gasteiger partial charge >= 0.3 is 0 Å². The Balaban J connectivity index is 2.17. The van der Waals surface area contributed by atoms with Gasteiger partial charge in [-0.2, -0.15) is 0 Å². The molecular weight excluding hydrogens is 104 g/mol. The maximum atomic E-state index is 2.40. The van der Waals surface area contributed by atoms with Crippen molar-refractivity contribution in [2.45, 2.75) is 36.2 Å². The van der Waals surface area contributed by atoms with Crippen LogP contribution in [0.15, 0.2) is 0 Å². The van der Waals surface area contributed by atoms with Crippen molar-refractivity contribution >= 4 is 11.8 Å². The van der Waals surface area contributed by atoms with Crippen molar-refractivity contribution in [3.8, 4) is 0 Å². The molecule has 1 aliphatic carbocycles. The lowest BCUT2D eigenvalue weighted by Crippen LogP contribution is -1.97. The van der Waals surface area contributed by atoms with Gasteiger partial charge in [0, 0.05) is 10.00 Å². The molecule has 1 saturated carbocycles. The van der Waals surface area contributed by atoms with E-state index in [0.29, 0.717) is 0 Å². The van der Waals surface area contributed by atoms with E-state index in [4.69, 9.17) is 0 Å². The van der Waals surface area contributed by atoms with Gasteiger partial charge < -0.3 is 0 Å². The Morgan fingerprint density at radius 3 is 2.71 bits per heavy atom. The van der Waals surface area contributed by atoms with Crippen LogP contribution >= 0.6 is 11.8 Å². The van der Waals surface area contributed by atoms with Crippen LogP contribution < -0.4 is 0 Å². The monoisotopic (exact) mass is 114 g/mol. The molecule has 1 heteroatoms. The lowest BCUT2D eigenvalue weighted by atomic mass is 10.1. The van der Waals surface area contributed by atoms with E-state index >= 15 is 0 Å². The zero-order valence-electron chi connectivity index (χ0n) is 4.61. The maximum Gasteiger partial charge on any atom is 0.0253 e. The molecule has 40 valence electrons. The molecule has 2 fully saturated rings.